The molecule has 3 rings (SSSR count). The first-order valence-electron chi connectivity index (χ1n) is 8.88. The highest BCUT2D eigenvalue weighted by atomic mass is 32.1. The van der Waals surface area contributed by atoms with Crippen LogP contribution >= 0.6 is 11.3 Å². The molecule has 1 amide bonds. The quantitative estimate of drug-likeness (QED) is 0.624. The van der Waals surface area contributed by atoms with Gasteiger partial charge in [-0.05, 0) is 30.5 Å². The number of carbonyl (C=O) groups excluding carboxylic acids is 1. The van der Waals surface area contributed by atoms with Crippen LogP contribution in [0, 0.1) is 6.92 Å². The Labute approximate surface area is 159 Å². The molecule has 0 fully saturated rings. The zero-order valence-electron chi connectivity index (χ0n) is 15.5. The second-order valence-electron chi connectivity index (χ2n) is 6.61. The number of rotatable bonds is 6. The van der Waals surface area contributed by atoms with Gasteiger partial charge in [0.2, 0.25) is 5.91 Å². The van der Waals surface area contributed by atoms with E-state index in [0.717, 1.165) is 28.2 Å². The lowest BCUT2D eigenvalue weighted by atomic mass is 10.1. The van der Waals surface area contributed by atoms with E-state index in [0.29, 0.717) is 13.0 Å². The van der Waals surface area contributed by atoms with Crippen molar-refractivity contribution >= 4 is 17.2 Å². The summed E-state index contributed by atoms with van der Waals surface area (Å²) in [5.41, 5.74) is 5.62. The summed E-state index contributed by atoms with van der Waals surface area (Å²) < 4.78 is 0. The molecule has 0 aliphatic heterocycles. The minimum atomic E-state index is 0.0886. The molecule has 1 aromatic heterocycles. The molecule has 134 valence electrons. The molecule has 0 saturated heterocycles. The normalized spacial score (nSPS) is 10.7. The third-order valence-corrected chi connectivity index (χ3v) is 5.37. The third-order valence-electron chi connectivity index (χ3n) is 4.43. The number of hydrogen-bond donors (Lipinski definition) is 0. The number of aromatic nitrogens is 1. The molecule has 0 N–H and O–H groups in total. The maximum atomic E-state index is 12.5. The van der Waals surface area contributed by atoms with Gasteiger partial charge in [0, 0.05) is 24.5 Å². The van der Waals surface area contributed by atoms with E-state index in [4.69, 9.17) is 0 Å². The van der Waals surface area contributed by atoms with Crippen molar-refractivity contribution < 1.29 is 4.79 Å². The molecule has 2 aromatic carbocycles. The SMILES string of the molecule is CCc1ccc(CN(C)C(=O)Cc2csc(-c3cccc(C)c3)n2)cc1. The first-order valence-corrected chi connectivity index (χ1v) is 9.76. The summed E-state index contributed by atoms with van der Waals surface area (Å²) in [6, 6.07) is 16.7. The molecule has 1 heterocycles. The molecule has 4 heteroatoms. The summed E-state index contributed by atoms with van der Waals surface area (Å²) in [6.45, 7) is 4.84. The summed E-state index contributed by atoms with van der Waals surface area (Å²) in [5.74, 6) is 0.0886. The van der Waals surface area contributed by atoms with E-state index in [1.54, 1.807) is 16.2 Å². The van der Waals surface area contributed by atoms with E-state index in [-0.39, 0.29) is 5.91 Å². The maximum Gasteiger partial charge on any atom is 0.228 e. The lowest BCUT2D eigenvalue weighted by Gasteiger charge is -2.17. The van der Waals surface area contributed by atoms with Crippen molar-refractivity contribution in [3.8, 4) is 10.6 Å². The van der Waals surface area contributed by atoms with Crippen LogP contribution in [0.25, 0.3) is 10.6 Å². The Morgan fingerprint density at radius 2 is 1.85 bits per heavy atom. The molecule has 0 bridgehead atoms. The minimum Gasteiger partial charge on any atom is -0.341 e. The van der Waals surface area contributed by atoms with Gasteiger partial charge in [0.15, 0.2) is 0 Å². The predicted octanol–water partition coefficient (Wildman–Crippen LogP) is 4.88. The van der Waals surface area contributed by atoms with Crippen molar-refractivity contribution in [3.05, 3.63) is 76.3 Å². The second-order valence-corrected chi connectivity index (χ2v) is 7.47. The van der Waals surface area contributed by atoms with Gasteiger partial charge in [-0.25, -0.2) is 4.98 Å². The molecule has 3 nitrogen and oxygen atoms in total. The fraction of sp³-hybridized carbons (Fsp3) is 0.273. The Hall–Kier alpha value is -2.46. The van der Waals surface area contributed by atoms with Crippen LogP contribution in [0.5, 0.6) is 0 Å². The van der Waals surface area contributed by atoms with Crippen LogP contribution in [-0.2, 0) is 24.2 Å². The number of benzene rings is 2. The standard InChI is InChI=1S/C22H24N2OS/c1-4-17-8-10-18(11-9-17)14-24(3)21(25)13-20-15-26-22(23-20)19-7-5-6-16(2)12-19/h5-12,15H,4,13-14H2,1-3H3. The topological polar surface area (TPSA) is 33.2 Å². The van der Waals surface area contributed by atoms with Crippen LogP contribution in [0.3, 0.4) is 0 Å². The number of hydrogen-bond acceptors (Lipinski definition) is 3. The average molecular weight is 365 g/mol. The lowest BCUT2D eigenvalue weighted by molar-refractivity contribution is -0.129. The van der Waals surface area contributed by atoms with Gasteiger partial charge in [0.1, 0.15) is 5.01 Å². The molecule has 26 heavy (non-hydrogen) atoms. The minimum absolute atomic E-state index is 0.0886. The highest BCUT2D eigenvalue weighted by Crippen LogP contribution is 2.24. The molecular weight excluding hydrogens is 340 g/mol. The van der Waals surface area contributed by atoms with Crippen molar-refractivity contribution in [2.75, 3.05) is 7.05 Å². The van der Waals surface area contributed by atoms with Gasteiger partial charge in [-0.3, -0.25) is 4.79 Å². The van der Waals surface area contributed by atoms with Crippen molar-refractivity contribution in [1.29, 1.82) is 0 Å². The third kappa shape index (κ3) is 4.58. The summed E-state index contributed by atoms with van der Waals surface area (Å²) in [6.07, 6.45) is 1.37. The van der Waals surface area contributed by atoms with Crippen LogP contribution in [-0.4, -0.2) is 22.8 Å². The number of amides is 1. The Morgan fingerprint density at radius 3 is 2.54 bits per heavy atom. The van der Waals surface area contributed by atoms with Crippen LogP contribution in [0.1, 0.15) is 29.3 Å². The van der Waals surface area contributed by atoms with Crippen LogP contribution < -0.4 is 0 Å². The molecule has 0 radical (unpaired) electrons. The fourth-order valence-corrected chi connectivity index (χ4v) is 3.65. The van der Waals surface area contributed by atoms with Gasteiger partial charge in [-0.2, -0.15) is 0 Å². The number of aryl methyl sites for hydroxylation is 2. The van der Waals surface area contributed by atoms with Crippen LogP contribution in [0.4, 0.5) is 0 Å². The van der Waals surface area contributed by atoms with Crippen LogP contribution in [0.15, 0.2) is 53.9 Å². The van der Waals surface area contributed by atoms with Gasteiger partial charge in [0.25, 0.3) is 0 Å². The fourth-order valence-electron chi connectivity index (χ4n) is 2.83. The molecule has 0 aliphatic carbocycles. The highest BCUT2D eigenvalue weighted by molar-refractivity contribution is 7.13. The number of thiazole rings is 1. The van der Waals surface area contributed by atoms with Gasteiger partial charge >= 0.3 is 0 Å². The Balaban J connectivity index is 1.62. The van der Waals surface area contributed by atoms with Crippen molar-refractivity contribution in [2.24, 2.45) is 0 Å². The van der Waals surface area contributed by atoms with E-state index in [1.807, 2.05) is 18.5 Å². The molecule has 0 unspecified atom stereocenters. The van der Waals surface area contributed by atoms with Crippen molar-refractivity contribution in [3.63, 3.8) is 0 Å². The summed E-state index contributed by atoms with van der Waals surface area (Å²) >= 11 is 1.59. The molecule has 0 aliphatic rings. The molecular formula is C22H24N2OS. The molecule has 3 aromatic rings. The Bertz CT molecular complexity index is 883. The lowest BCUT2D eigenvalue weighted by Crippen LogP contribution is -2.27. The second kappa shape index (κ2) is 8.28. The van der Waals surface area contributed by atoms with E-state index in [2.05, 4.69) is 61.3 Å². The van der Waals surface area contributed by atoms with E-state index >= 15 is 0 Å². The van der Waals surface area contributed by atoms with E-state index in [1.165, 1.54) is 11.1 Å². The van der Waals surface area contributed by atoms with E-state index in [9.17, 15) is 4.79 Å². The first kappa shape index (κ1) is 18.3. The van der Waals surface area contributed by atoms with Gasteiger partial charge < -0.3 is 4.90 Å². The highest BCUT2D eigenvalue weighted by Gasteiger charge is 2.13. The predicted molar refractivity (Wildman–Crippen MR) is 108 cm³/mol. The number of carbonyl (C=O) groups is 1. The number of nitrogens with zero attached hydrogens (tertiary/aromatic N) is 2. The van der Waals surface area contributed by atoms with Crippen LogP contribution in [0.2, 0.25) is 0 Å². The smallest absolute Gasteiger partial charge is 0.228 e. The average Bonchev–Trinajstić information content (AvgIpc) is 3.11. The van der Waals surface area contributed by atoms with Crippen molar-refractivity contribution in [2.45, 2.75) is 33.2 Å². The largest absolute Gasteiger partial charge is 0.341 e. The van der Waals surface area contributed by atoms with Gasteiger partial charge in [-0.1, -0.05) is 55.0 Å². The summed E-state index contributed by atoms with van der Waals surface area (Å²) in [7, 11) is 1.85. The summed E-state index contributed by atoms with van der Waals surface area (Å²) in [5, 5.41) is 2.95. The number of likely N-dealkylation sites (N-methyl/N-ethyl adjacent to an activating group) is 1. The first-order chi connectivity index (χ1) is 12.5. The molecule has 0 atom stereocenters. The summed E-state index contributed by atoms with van der Waals surface area (Å²) in [4.78, 5) is 18.9. The zero-order chi connectivity index (χ0) is 18.5. The Morgan fingerprint density at radius 1 is 1.12 bits per heavy atom. The molecule has 0 saturated carbocycles. The zero-order valence-corrected chi connectivity index (χ0v) is 16.3. The van der Waals surface area contributed by atoms with Crippen molar-refractivity contribution in [1.82, 2.24) is 9.88 Å². The molecule has 0 spiro atoms. The Kier molecular flexibility index (Phi) is 5.84. The van der Waals surface area contributed by atoms with E-state index < -0.39 is 0 Å². The van der Waals surface area contributed by atoms with Gasteiger partial charge in [-0.15, -0.1) is 11.3 Å². The monoisotopic (exact) mass is 364 g/mol. The maximum absolute atomic E-state index is 12.5. The van der Waals surface area contributed by atoms with Gasteiger partial charge in [0.05, 0.1) is 12.1 Å².